The van der Waals surface area contributed by atoms with E-state index in [1.807, 2.05) is 35.7 Å². The fraction of sp³-hybridized carbons (Fsp3) is 0.333. The summed E-state index contributed by atoms with van der Waals surface area (Å²) in [5, 5.41) is 8.79. The van der Waals surface area contributed by atoms with E-state index in [1.165, 1.54) is 11.3 Å². The van der Waals surface area contributed by atoms with Crippen molar-refractivity contribution < 1.29 is 4.79 Å². The van der Waals surface area contributed by atoms with E-state index >= 15 is 0 Å². The van der Waals surface area contributed by atoms with Crippen molar-refractivity contribution in [1.29, 1.82) is 0 Å². The third-order valence-electron chi connectivity index (χ3n) is 3.43. The van der Waals surface area contributed by atoms with Gasteiger partial charge in [-0.15, -0.1) is 23.7 Å². The summed E-state index contributed by atoms with van der Waals surface area (Å²) in [6.07, 6.45) is 3.17. The van der Waals surface area contributed by atoms with Gasteiger partial charge in [0.05, 0.1) is 11.7 Å². The highest BCUT2D eigenvalue weighted by molar-refractivity contribution is 7.14. The minimum absolute atomic E-state index is 0. The molecule has 2 aromatic rings. The van der Waals surface area contributed by atoms with E-state index in [9.17, 15) is 4.79 Å². The van der Waals surface area contributed by atoms with Crippen molar-refractivity contribution in [1.82, 2.24) is 10.3 Å². The number of anilines is 1. The van der Waals surface area contributed by atoms with Crippen LogP contribution in [0.1, 0.15) is 19.3 Å². The molecule has 1 unspecified atom stereocenters. The molecule has 2 N–H and O–H groups in total. The lowest BCUT2D eigenvalue weighted by molar-refractivity contribution is -0.118. The molecule has 0 saturated carbocycles. The highest BCUT2D eigenvalue weighted by Gasteiger charge is 2.21. The summed E-state index contributed by atoms with van der Waals surface area (Å²) in [5.41, 5.74) is 1.97. The molecule has 0 bridgehead atoms. The van der Waals surface area contributed by atoms with E-state index in [1.54, 1.807) is 0 Å². The van der Waals surface area contributed by atoms with Crippen LogP contribution >= 0.6 is 23.7 Å². The zero-order chi connectivity index (χ0) is 13.8. The molecular weight excluding hydrogens is 306 g/mol. The molecular formula is C15H18ClN3OS. The lowest BCUT2D eigenvalue weighted by atomic mass is 10.0. The van der Waals surface area contributed by atoms with Gasteiger partial charge < -0.3 is 10.6 Å². The van der Waals surface area contributed by atoms with Gasteiger partial charge in [0.25, 0.3) is 0 Å². The zero-order valence-corrected chi connectivity index (χ0v) is 13.2. The summed E-state index contributed by atoms with van der Waals surface area (Å²) < 4.78 is 0. The van der Waals surface area contributed by atoms with Gasteiger partial charge in [0.15, 0.2) is 5.13 Å². The van der Waals surface area contributed by atoms with Crippen LogP contribution in [0.3, 0.4) is 0 Å². The molecule has 1 atom stereocenters. The molecule has 1 amide bonds. The number of aromatic nitrogens is 1. The third kappa shape index (κ3) is 4.03. The molecule has 4 nitrogen and oxygen atoms in total. The van der Waals surface area contributed by atoms with E-state index in [4.69, 9.17) is 0 Å². The number of thiazole rings is 1. The second-order valence-electron chi connectivity index (χ2n) is 4.90. The van der Waals surface area contributed by atoms with E-state index in [-0.39, 0.29) is 24.4 Å². The van der Waals surface area contributed by atoms with Crippen molar-refractivity contribution in [3.05, 3.63) is 35.7 Å². The number of rotatable bonds is 3. The van der Waals surface area contributed by atoms with Gasteiger partial charge in [-0.1, -0.05) is 36.8 Å². The second-order valence-corrected chi connectivity index (χ2v) is 5.75. The molecule has 1 fully saturated rings. The second kappa shape index (κ2) is 7.54. The van der Waals surface area contributed by atoms with Gasteiger partial charge >= 0.3 is 0 Å². The molecule has 0 radical (unpaired) electrons. The highest BCUT2D eigenvalue weighted by atomic mass is 35.5. The summed E-state index contributed by atoms with van der Waals surface area (Å²) in [4.78, 5) is 16.6. The number of nitrogens with zero attached hydrogens (tertiary/aromatic N) is 1. The highest BCUT2D eigenvalue weighted by Crippen LogP contribution is 2.24. The van der Waals surface area contributed by atoms with Crippen molar-refractivity contribution in [2.45, 2.75) is 25.3 Å². The van der Waals surface area contributed by atoms with Gasteiger partial charge in [-0.2, -0.15) is 0 Å². The summed E-state index contributed by atoms with van der Waals surface area (Å²) >= 11 is 1.47. The standard InChI is InChI=1S/C15H17N3OS.ClH/c19-14(12-8-4-5-9-16-12)18-15-17-13(10-20-15)11-6-2-1-3-7-11;/h1-3,6-7,10,12,16H,4-5,8-9H2,(H,17,18,19);1H. The number of amides is 1. The van der Waals surface area contributed by atoms with E-state index in [0.29, 0.717) is 5.13 Å². The molecule has 6 heteroatoms. The van der Waals surface area contributed by atoms with Gasteiger partial charge in [0, 0.05) is 10.9 Å². The van der Waals surface area contributed by atoms with Gasteiger partial charge in [0.2, 0.25) is 5.91 Å². The Kier molecular flexibility index (Phi) is 5.73. The Bertz CT molecular complexity index is 582. The van der Waals surface area contributed by atoms with E-state index in [2.05, 4.69) is 15.6 Å². The molecule has 112 valence electrons. The number of benzene rings is 1. The predicted molar refractivity (Wildman–Crippen MR) is 89.1 cm³/mol. The quantitative estimate of drug-likeness (QED) is 0.911. The van der Waals surface area contributed by atoms with Crippen molar-refractivity contribution >= 4 is 34.8 Å². The lowest BCUT2D eigenvalue weighted by Gasteiger charge is -2.21. The maximum absolute atomic E-state index is 12.1. The zero-order valence-electron chi connectivity index (χ0n) is 11.5. The van der Waals surface area contributed by atoms with Crippen LogP contribution in [0.5, 0.6) is 0 Å². The van der Waals surface area contributed by atoms with Crippen LogP contribution < -0.4 is 10.6 Å². The summed E-state index contributed by atoms with van der Waals surface area (Å²) in [6, 6.07) is 9.91. The Labute approximate surface area is 134 Å². The largest absolute Gasteiger partial charge is 0.306 e. The van der Waals surface area contributed by atoms with Gasteiger partial charge in [-0.3, -0.25) is 4.79 Å². The Hall–Kier alpha value is -1.43. The van der Waals surface area contributed by atoms with Crippen LogP contribution in [0.15, 0.2) is 35.7 Å². The van der Waals surface area contributed by atoms with Crippen LogP contribution in [0.4, 0.5) is 5.13 Å². The Balaban J connectivity index is 0.00000161. The molecule has 1 aliphatic rings. The Morgan fingerprint density at radius 2 is 2.10 bits per heavy atom. The Morgan fingerprint density at radius 1 is 1.29 bits per heavy atom. The molecule has 0 spiro atoms. The third-order valence-corrected chi connectivity index (χ3v) is 4.19. The van der Waals surface area contributed by atoms with Crippen LogP contribution in [-0.2, 0) is 4.79 Å². The maximum atomic E-state index is 12.1. The molecule has 2 heterocycles. The number of piperidine rings is 1. The minimum atomic E-state index is -0.0761. The van der Waals surface area contributed by atoms with Crippen LogP contribution in [0.2, 0.25) is 0 Å². The molecule has 0 aliphatic carbocycles. The number of hydrogen-bond acceptors (Lipinski definition) is 4. The molecule has 3 rings (SSSR count). The van der Waals surface area contributed by atoms with Crippen molar-refractivity contribution in [3.8, 4) is 11.3 Å². The first-order chi connectivity index (χ1) is 9.83. The minimum Gasteiger partial charge on any atom is -0.306 e. The SMILES string of the molecule is Cl.O=C(Nc1nc(-c2ccccc2)cs1)C1CCCCN1. The van der Waals surface area contributed by atoms with Crippen molar-refractivity contribution in [3.63, 3.8) is 0 Å². The molecule has 1 aromatic heterocycles. The van der Waals surface area contributed by atoms with Crippen molar-refractivity contribution in [2.24, 2.45) is 0 Å². The van der Waals surface area contributed by atoms with Gasteiger partial charge in [-0.25, -0.2) is 4.98 Å². The van der Waals surface area contributed by atoms with E-state index in [0.717, 1.165) is 37.1 Å². The Morgan fingerprint density at radius 3 is 2.81 bits per heavy atom. The number of nitrogens with one attached hydrogen (secondary N) is 2. The number of carbonyl (C=O) groups excluding carboxylic acids is 1. The lowest BCUT2D eigenvalue weighted by Crippen LogP contribution is -2.43. The predicted octanol–water partition coefficient (Wildman–Crippen LogP) is 3.31. The topological polar surface area (TPSA) is 54.0 Å². The first kappa shape index (κ1) is 15.9. The first-order valence-electron chi connectivity index (χ1n) is 6.88. The number of carbonyl (C=O) groups is 1. The average molecular weight is 324 g/mol. The van der Waals surface area contributed by atoms with Gasteiger partial charge in [-0.05, 0) is 19.4 Å². The van der Waals surface area contributed by atoms with Crippen LogP contribution in [0, 0.1) is 0 Å². The van der Waals surface area contributed by atoms with Gasteiger partial charge in [0.1, 0.15) is 0 Å². The van der Waals surface area contributed by atoms with E-state index < -0.39 is 0 Å². The van der Waals surface area contributed by atoms with Crippen LogP contribution in [-0.4, -0.2) is 23.5 Å². The maximum Gasteiger partial charge on any atom is 0.243 e. The number of hydrogen-bond donors (Lipinski definition) is 2. The average Bonchev–Trinajstić information content (AvgIpc) is 2.97. The number of halogens is 1. The molecule has 1 saturated heterocycles. The summed E-state index contributed by atoms with van der Waals surface area (Å²) in [7, 11) is 0. The monoisotopic (exact) mass is 323 g/mol. The fourth-order valence-corrected chi connectivity index (χ4v) is 3.06. The van der Waals surface area contributed by atoms with Crippen LogP contribution in [0.25, 0.3) is 11.3 Å². The molecule has 1 aliphatic heterocycles. The summed E-state index contributed by atoms with van der Waals surface area (Å²) in [5.74, 6) is 0.0265. The first-order valence-corrected chi connectivity index (χ1v) is 7.76. The smallest absolute Gasteiger partial charge is 0.243 e. The fourth-order valence-electron chi connectivity index (χ4n) is 2.34. The molecule has 21 heavy (non-hydrogen) atoms. The summed E-state index contributed by atoms with van der Waals surface area (Å²) in [6.45, 7) is 0.922. The molecule has 1 aromatic carbocycles. The normalized spacial score (nSPS) is 17.8. The van der Waals surface area contributed by atoms with Crippen molar-refractivity contribution in [2.75, 3.05) is 11.9 Å².